The standard InChI is InChI=1S/C20H11ClF3N3O/c21-17-10-13(6-7-25-17)18-26-16-5-4-12(9-15(16)19(28)27-18)11-2-1-3-14(8-11)20(22,23)24/h1-10H,(H,26,27,28). The number of aromatic amines is 1. The van der Waals surface area contributed by atoms with E-state index in [0.29, 0.717) is 28.0 Å². The maximum Gasteiger partial charge on any atom is 0.416 e. The number of nitrogens with zero attached hydrogens (tertiary/aromatic N) is 2. The molecular weight excluding hydrogens is 391 g/mol. The first-order valence-electron chi connectivity index (χ1n) is 8.15. The molecule has 2 heterocycles. The normalized spacial score (nSPS) is 11.7. The molecule has 0 saturated heterocycles. The van der Waals surface area contributed by atoms with Crippen molar-refractivity contribution in [2.75, 3.05) is 0 Å². The molecule has 0 aliphatic carbocycles. The van der Waals surface area contributed by atoms with Crippen molar-refractivity contribution in [3.05, 3.63) is 81.9 Å². The Bertz CT molecular complexity index is 1250. The minimum absolute atomic E-state index is 0.264. The maximum atomic E-state index is 13.0. The molecule has 0 amide bonds. The number of hydrogen-bond acceptors (Lipinski definition) is 3. The summed E-state index contributed by atoms with van der Waals surface area (Å²) in [6.07, 6.45) is -2.94. The first-order chi connectivity index (χ1) is 13.3. The number of benzene rings is 2. The average molecular weight is 402 g/mol. The van der Waals surface area contributed by atoms with Crippen molar-refractivity contribution in [3.63, 3.8) is 0 Å². The van der Waals surface area contributed by atoms with E-state index in [1.807, 2.05) is 0 Å². The molecule has 0 bridgehead atoms. The molecule has 4 rings (SSSR count). The van der Waals surface area contributed by atoms with Crippen molar-refractivity contribution < 1.29 is 13.2 Å². The number of H-pyrrole nitrogens is 1. The van der Waals surface area contributed by atoms with E-state index in [1.165, 1.54) is 18.3 Å². The molecular formula is C20H11ClF3N3O. The summed E-state index contributed by atoms with van der Waals surface area (Å²) < 4.78 is 38.9. The summed E-state index contributed by atoms with van der Waals surface area (Å²) in [5.41, 5.74) is 0.721. The number of pyridine rings is 1. The van der Waals surface area contributed by atoms with Crippen molar-refractivity contribution in [2.45, 2.75) is 6.18 Å². The fraction of sp³-hybridized carbons (Fsp3) is 0.0500. The molecule has 8 heteroatoms. The zero-order chi connectivity index (χ0) is 19.9. The second kappa shape index (κ2) is 6.76. The zero-order valence-corrected chi connectivity index (χ0v) is 14.8. The SMILES string of the molecule is O=c1[nH]c(-c2ccnc(Cl)c2)nc2ccc(-c3cccc(C(F)(F)F)c3)cc12. The van der Waals surface area contributed by atoms with Crippen molar-refractivity contribution in [1.29, 1.82) is 0 Å². The van der Waals surface area contributed by atoms with E-state index >= 15 is 0 Å². The van der Waals surface area contributed by atoms with Gasteiger partial charge in [-0.2, -0.15) is 13.2 Å². The number of halogens is 4. The number of hydrogen-bond donors (Lipinski definition) is 1. The van der Waals surface area contributed by atoms with Gasteiger partial charge < -0.3 is 4.98 Å². The molecule has 0 saturated carbocycles. The van der Waals surface area contributed by atoms with E-state index < -0.39 is 17.3 Å². The Hall–Kier alpha value is -3.19. The summed E-state index contributed by atoms with van der Waals surface area (Å²) in [6.45, 7) is 0. The largest absolute Gasteiger partial charge is 0.416 e. The number of aromatic nitrogens is 3. The van der Waals surface area contributed by atoms with Crippen LogP contribution in [0, 0.1) is 0 Å². The Morgan fingerprint density at radius 1 is 0.929 bits per heavy atom. The predicted molar refractivity (Wildman–Crippen MR) is 101 cm³/mol. The minimum atomic E-state index is -4.44. The number of fused-ring (bicyclic) bond motifs is 1. The highest BCUT2D eigenvalue weighted by Gasteiger charge is 2.30. The molecule has 0 unspecified atom stereocenters. The van der Waals surface area contributed by atoms with Crippen molar-refractivity contribution in [1.82, 2.24) is 15.0 Å². The van der Waals surface area contributed by atoms with E-state index in [9.17, 15) is 18.0 Å². The average Bonchev–Trinajstić information content (AvgIpc) is 2.67. The van der Waals surface area contributed by atoms with Crippen LogP contribution in [0.2, 0.25) is 5.15 Å². The first-order valence-corrected chi connectivity index (χ1v) is 8.53. The van der Waals surface area contributed by atoms with Gasteiger partial charge in [0.2, 0.25) is 0 Å². The first kappa shape index (κ1) is 18.2. The lowest BCUT2D eigenvalue weighted by atomic mass is 10.0. The van der Waals surface area contributed by atoms with Gasteiger partial charge in [0, 0.05) is 11.8 Å². The molecule has 2 aromatic heterocycles. The van der Waals surface area contributed by atoms with Gasteiger partial charge in [-0.1, -0.05) is 29.8 Å². The monoisotopic (exact) mass is 401 g/mol. The summed E-state index contributed by atoms with van der Waals surface area (Å²) >= 11 is 5.88. The van der Waals surface area contributed by atoms with Gasteiger partial charge in [0.15, 0.2) is 0 Å². The Balaban J connectivity index is 1.82. The lowest BCUT2D eigenvalue weighted by Crippen LogP contribution is -2.09. The Kier molecular flexibility index (Phi) is 4.39. The molecule has 0 fully saturated rings. The fourth-order valence-electron chi connectivity index (χ4n) is 2.88. The lowest BCUT2D eigenvalue weighted by Gasteiger charge is -2.10. The van der Waals surface area contributed by atoms with Crippen LogP contribution in [0.5, 0.6) is 0 Å². The van der Waals surface area contributed by atoms with Gasteiger partial charge in [-0.25, -0.2) is 9.97 Å². The van der Waals surface area contributed by atoms with Crippen LogP contribution in [-0.4, -0.2) is 15.0 Å². The third kappa shape index (κ3) is 3.48. The number of rotatable bonds is 2. The van der Waals surface area contributed by atoms with Crippen LogP contribution in [0.15, 0.2) is 65.6 Å². The number of alkyl halides is 3. The molecule has 4 nitrogen and oxygen atoms in total. The van der Waals surface area contributed by atoms with Crippen LogP contribution in [0.3, 0.4) is 0 Å². The quantitative estimate of drug-likeness (QED) is 0.462. The van der Waals surface area contributed by atoms with Gasteiger partial charge in [0.1, 0.15) is 11.0 Å². The highest BCUT2D eigenvalue weighted by molar-refractivity contribution is 6.29. The summed E-state index contributed by atoms with van der Waals surface area (Å²) in [5, 5.41) is 0.541. The van der Waals surface area contributed by atoms with E-state index in [-0.39, 0.29) is 10.5 Å². The fourth-order valence-corrected chi connectivity index (χ4v) is 3.05. The highest BCUT2D eigenvalue weighted by Crippen LogP contribution is 2.32. The summed E-state index contributed by atoms with van der Waals surface area (Å²) in [5.74, 6) is 0.327. The zero-order valence-electron chi connectivity index (χ0n) is 14.1. The Morgan fingerprint density at radius 2 is 1.71 bits per heavy atom. The van der Waals surface area contributed by atoms with Gasteiger partial charge in [-0.3, -0.25) is 4.79 Å². The van der Waals surface area contributed by atoms with Crippen molar-refractivity contribution in [2.24, 2.45) is 0 Å². The molecule has 0 spiro atoms. The predicted octanol–water partition coefficient (Wildman–Crippen LogP) is 5.32. The van der Waals surface area contributed by atoms with Crippen molar-refractivity contribution >= 4 is 22.5 Å². The van der Waals surface area contributed by atoms with Gasteiger partial charge in [-0.15, -0.1) is 0 Å². The third-order valence-corrected chi connectivity index (χ3v) is 4.44. The molecule has 2 aromatic carbocycles. The van der Waals surface area contributed by atoms with E-state index in [1.54, 1.807) is 30.3 Å². The summed E-state index contributed by atoms with van der Waals surface area (Å²) in [4.78, 5) is 23.5. The molecule has 0 atom stereocenters. The Labute approximate surface area is 161 Å². The highest BCUT2D eigenvalue weighted by atomic mass is 35.5. The topological polar surface area (TPSA) is 58.6 Å². The Morgan fingerprint density at radius 3 is 2.46 bits per heavy atom. The smallest absolute Gasteiger partial charge is 0.306 e. The van der Waals surface area contributed by atoms with Crippen LogP contribution in [-0.2, 0) is 6.18 Å². The van der Waals surface area contributed by atoms with Gasteiger partial charge >= 0.3 is 6.18 Å². The van der Waals surface area contributed by atoms with Crippen LogP contribution >= 0.6 is 11.6 Å². The summed E-state index contributed by atoms with van der Waals surface area (Å²) in [7, 11) is 0. The molecule has 28 heavy (non-hydrogen) atoms. The van der Waals surface area contributed by atoms with Gasteiger partial charge in [0.25, 0.3) is 5.56 Å². The molecule has 4 aromatic rings. The third-order valence-electron chi connectivity index (χ3n) is 4.23. The second-order valence-corrected chi connectivity index (χ2v) is 6.48. The van der Waals surface area contributed by atoms with E-state index in [2.05, 4.69) is 15.0 Å². The molecule has 140 valence electrons. The van der Waals surface area contributed by atoms with Crippen LogP contribution in [0.1, 0.15) is 5.56 Å². The minimum Gasteiger partial charge on any atom is -0.306 e. The van der Waals surface area contributed by atoms with Crippen LogP contribution < -0.4 is 5.56 Å². The molecule has 0 aliphatic heterocycles. The molecule has 0 aliphatic rings. The maximum absolute atomic E-state index is 13.0. The van der Waals surface area contributed by atoms with Gasteiger partial charge in [0.05, 0.1) is 16.5 Å². The molecule has 1 N–H and O–H groups in total. The van der Waals surface area contributed by atoms with E-state index in [4.69, 9.17) is 11.6 Å². The van der Waals surface area contributed by atoms with Gasteiger partial charge in [-0.05, 0) is 47.5 Å². The van der Waals surface area contributed by atoms with E-state index in [0.717, 1.165) is 12.1 Å². The van der Waals surface area contributed by atoms with Crippen LogP contribution in [0.4, 0.5) is 13.2 Å². The number of nitrogens with one attached hydrogen (secondary N) is 1. The summed E-state index contributed by atoms with van der Waals surface area (Å²) in [6, 6.07) is 12.9. The molecule has 0 radical (unpaired) electrons. The van der Waals surface area contributed by atoms with Crippen molar-refractivity contribution in [3.8, 4) is 22.5 Å². The van der Waals surface area contributed by atoms with Crippen LogP contribution in [0.25, 0.3) is 33.4 Å². The second-order valence-electron chi connectivity index (χ2n) is 6.09. The lowest BCUT2D eigenvalue weighted by molar-refractivity contribution is -0.137.